The number of piperidine rings is 1. The van der Waals surface area contributed by atoms with Crippen molar-refractivity contribution in [2.75, 3.05) is 25.4 Å². The molecule has 186 valence electrons. The first-order chi connectivity index (χ1) is 16.8. The Hall–Kier alpha value is -3.36. The van der Waals surface area contributed by atoms with Crippen LogP contribution in [-0.2, 0) is 11.2 Å². The van der Waals surface area contributed by atoms with Gasteiger partial charge in [0.15, 0.2) is 11.2 Å². The number of hydrogen-bond acceptors (Lipinski definition) is 9. The molecule has 3 heterocycles. The van der Waals surface area contributed by atoms with Gasteiger partial charge in [-0.15, -0.1) is 11.3 Å². The number of hydrogen-bond donors (Lipinski definition) is 6. The molecule has 35 heavy (non-hydrogen) atoms. The number of likely N-dealkylation sites (tertiary alicyclic amines) is 1. The van der Waals surface area contributed by atoms with Crippen molar-refractivity contribution in [1.82, 2.24) is 20.5 Å². The Morgan fingerprint density at radius 2 is 2.06 bits per heavy atom. The Morgan fingerprint density at radius 1 is 1.31 bits per heavy atom. The molecule has 1 fully saturated rings. The molecule has 0 aliphatic carbocycles. The normalized spacial score (nSPS) is 18.9. The minimum atomic E-state index is -1.49. The maximum Gasteiger partial charge on any atom is 0.547 e. The number of carboxylic acid groups (broad SMARTS) is 1. The summed E-state index contributed by atoms with van der Waals surface area (Å²) in [6.45, 7) is 1.62. The Bertz CT molecular complexity index is 1110. The van der Waals surface area contributed by atoms with E-state index in [9.17, 15) is 24.5 Å². The highest BCUT2D eigenvalue weighted by Gasteiger charge is 2.39. The number of nitrogens with zero attached hydrogens (tertiary/aromatic N) is 2. The van der Waals surface area contributed by atoms with Gasteiger partial charge < -0.3 is 41.8 Å². The monoisotopic (exact) mass is 502 g/mol. The van der Waals surface area contributed by atoms with Gasteiger partial charge in [-0.3, -0.25) is 4.79 Å². The van der Waals surface area contributed by atoms with Crippen LogP contribution < -0.4 is 26.8 Å². The van der Waals surface area contributed by atoms with E-state index in [1.165, 1.54) is 6.07 Å². The van der Waals surface area contributed by atoms with Gasteiger partial charge in [0, 0.05) is 18.5 Å². The molecule has 1 aromatic carbocycles. The number of para-hydroxylation sites is 1. The van der Waals surface area contributed by atoms with Crippen molar-refractivity contribution in [1.29, 1.82) is 0 Å². The third kappa shape index (κ3) is 5.50. The molecule has 2 atom stereocenters. The number of fused-ring (bicyclic) bond motifs is 1. The van der Waals surface area contributed by atoms with Crippen molar-refractivity contribution >= 4 is 41.5 Å². The molecule has 12 nitrogen and oxygen atoms in total. The van der Waals surface area contributed by atoms with Crippen LogP contribution in [0.5, 0.6) is 5.75 Å². The van der Waals surface area contributed by atoms with Crippen molar-refractivity contribution in [2.45, 2.75) is 31.2 Å². The topological polar surface area (TPSA) is 193 Å². The van der Waals surface area contributed by atoms with Crippen LogP contribution in [0.1, 0.15) is 40.5 Å². The highest BCUT2D eigenvalue weighted by atomic mass is 32.1. The van der Waals surface area contributed by atoms with E-state index >= 15 is 0 Å². The summed E-state index contributed by atoms with van der Waals surface area (Å²) >= 11 is 1.14. The predicted molar refractivity (Wildman–Crippen MR) is 129 cm³/mol. The fourth-order valence-electron chi connectivity index (χ4n) is 4.28. The molecular formula is C21H27BN6O6S. The van der Waals surface area contributed by atoms with Crippen molar-refractivity contribution < 1.29 is 29.2 Å². The van der Waals surface area contributed by atoms with E-state index in [1.807, 2.05) is 0 Å². The molecule has 4 rings (SSSR count). The van der Waals surface area contributed by atoms with Crippen LogP contribution in [0, 0.1) is 5.92 Å². The predicted octanol–water partition coefficient (Wildman–Crippen LogP) is -0.0155. The summed E-state index contributed by atoms with van der Waals surface area (Å²) in [4.78, 5) is 43.4. The molecule has 1 saturated heterocycles. The lowest BCUT2D eigenvalue weighted by Gasteiger charge is -2.33. The second-order valence-corrected chi connectivity index (χ2v) is 9.48. The van der Waals surface area contributed by atoms with Gasteiger partial charge in [-0.05, 0) is 43.4 Å². The second kappa shape index (κ2) is 10.5. The quantitative estimate of drug-likeness (QED) is 0.295. The maximum absolute atomic E-state index is 13.3. The van der Waals surface area contributed by atoms with Gasteiger partial charge in [-0.2, -0.15) is 0 Å². The van der Waals surface area contributed by atoms with Gasteiger partial charge in [-0.1, -0.05) is 12.1 Å². The van der Waals surface area contributed by atoms with Crippen LogP contribution in [0.3, 0.4) is 0 Å². The Balaban J connectivity index is 1.48. The number of carboxylic acids is 1. The fraction of sp³-hybridized carbons (Fsp3) is 0.429. The van der Waals surface area contributed by atoms with Gasteiger partial charge >= 0.3 is 19.1 Å². The van der Waals surface area contributed by atoms with E-state index < -0.39 is 37.0 Å². The molecule has 0 bridgehead atoms. The number of carbonyl (C=O) groups excluding carboxylic acids is 2. The second-order valence-electron chi connectivity index (χ2n) is 8.59. The summed E-state index contributed by atoms with van der Waals surface area (Å²) in [5, 5.41) is 27.1. The van der Waals surface area contributed by atoms with Crippen LogP contribution in [0.15, 0.2) is 23.6 Å². The lowest BCUT2D eigenvalue weighted by Crippen LogP contribution is -2.56. The maximum atomic E-state index is 13.3. The van der Waals surface area contributed by atoms with Crippen LogP contribution in [0.25, 0.3) is 0 Å². The highest BCUT2D eigenvalue weighted by Crippen LogP contribution is 2.30. The molecule has 2 aliphatic rings. The first kappa shape index (κ1) is 24.8. The molecule has 8 N–H and O–H groups in total. The van der Waals surface area contributed by atoms with Crippen LogP contribution in [0.2, 0.25) is 0 Å². The average molecular weight is 502 g/mol. The zero-order valence-electron chi connectivity index (χ0n) is 18.8. The standard InChI is InChI=1S/C21H27BN6O6S/c23-9-11-4-6-28(7-5-11)21(32)27-16(14-10-35-20(24)25-14)18(29)26-15-8-12-2-1-3-13(19(30)31)17(12)34-22(15)33/h1-3,10-11,15-16,33H,4-9,23H2,(H2,24,25)(H,26,29)(H,27,32)(H,30,31)/t15-,16?/m0/s1. The number of nitrogens with two attached hydrogens (primary N) is 2. The summed E-state index contributed by atoms with van der Waals surface area (Å²) in [6, 6.07) is 3.04. The number of carbonyl (C=O) groups is 3. The van der Waals surface area contributed by atoms with E-state index in [4.69, 9.17) is 16.1 Å². The van der Waals surface area contributed by atoms with E-state index in [-0.39, 0.29) is 28.6 Å². The molecule has 0 spiro atoms. The SMILES string of the molecule is NCC1CCN(C(=O)NC(C(=O)N[C@H]2Cc3cccc(C(=O)O)c3OB2O)c2csc(N)n2)CC1. The number of urea groups is 1. The van der Waals surface area contributed by atoms with Crippen molar-refractivity contribution in [2.24, 2.45) is 11.7 Å². The number of aromatic nitrogens is 1. The number of thiazole rings is 1. The first-order valence-electron chi connectivity index (χ1n) is 11.2. The molecule has 2 aromatic rings. The van der Waals surface area contributed by atoms with Crippen molar-refractivity contribution in [3.05, 3.63) is 40.4 Å². The van der Waals surface area contributed by atoms with Gasteiger partial charge in [0.2, 0.25) is 5.91 Å². The Morgan fingerprint density at radius 3 is 2.69 bits per heavy atom. The zero-order valence-corrected chi connectivity index (χ0v) is 19.7. The number of nitrogen functional groups attached to an aromatic ring is 1. The van der Waals surface area contributed by atoms with Gasteiger partial charge in [-0.25, -0.2) is 14.6 Å². The highest BCUT2D eigenvalue weighted by molar-refractivity contribution is 7.13. The van der Waals surface area contributed by atoms with E-state index in [0.29, 0.717) is 31.1 Å². The summed E-state index contributed by atoms with van der Waals surface area (Å²) in [6.07, 6.45) is 1.71. The van der Waals surface area contributed by atoms with Gasteiger partial charge in [0.25, 0.3) is 0 Å². The van der Waals surface area contributed by atoms with E-state index in [0.717, 1.165) is 24.2 Å². The molecule has 14 heteroatoms. The lowest BCUT2D eigenvalue weighted by atomic mass is 9.72. The number of aromatic carboxylic acids is 1. The zero-order chi connectivity index (χ0) is 25.1. The fourth-order valence-corrected chi connectivity index (χ4v) is 4.86. The Labute approximate surface area is 205 Å². The molecular weight excluding hydrogens is 475 g/mol. The summed E-state index contributed by atoms with van der Waals surface area (Å²) in [7, 11) is -1.49. The summed E-state index contributed by atoms with van der Waals surface area (Å²) < 4.78 is 5.44. The third-order valence-corrected chi connectivity index (χ3v) is 6.97. The van der Waals surface area contributed by atoms with E-state index in [1.54, 1.807) is 22.4 Å². The molecule has 1 unspecified atom stereocenters. The molecule has 2 aliphatic heterocycles. The minimum absolute atomic E-state index is 0.0657. The van der Waals surface area contributed by atoms with Crippen molar-refractivity contribution in [3.8, 4) is 5.75 Å². The van der Waals surface area contributed by atoms with Gasteiger partial charge in [0.1, 0.15) is 5.75 Å². The number of anilines is 1. The van der Waals surface area contributed by atoms with Gasteiger partial charge in [0.05, 0.1) is 17.2 Å². The average Bonchev–Trinajstić information content (AvgIpc) is 3.28. The number of nitrogens with one attached hydrogen (secondary N) is 2. The van der Waals surface area contributed by atoms with Crippen molar-refractivity contribution in [3.63, 3.8) is 0 Å². The molecule has 0 radical (unpaired) electrons. The largest absolute Gasteiger partial charge is 0.547 e. The number of benzene rings is 1. The summed E-state index contributed by atoms with van der Waals surface area (Å²) in [5.41, 5.74) is 12.2. The lowest BCUT2D eigenvalue weighted by molar-refractivity contribution is -0.123. The smallest absolute Gasteiger partial charge is 0.534 e. The van der Waals surface area contributed by atoms with Crippen LogP contribution in [-0.4, -0.2) is 70.6 Å². The van der Waals surface area contributed by atoms with Crippen LogP contribution >= 0.6 is 11.3 Å². The van der Waals surface area contributed by atoms with E-state index in [2.05, 4.69) is 15.6 Å². The minimum Gasteiger partial charge on any atom is -0.534 e. The molecule has 0 saturated carbocycles. The third-order valence-electron chi connectivity index (χ3n) is 6.28. The molecule has 3 amide bonds. The number of amides is 3. The Kier molecular flexibility index (Phi) is 7.43. The van der Waals surface area contributed by atoms with Crippen LogP contribution in [0.4, 0.5) is 9.93 Å². The molecule has 1 aromatic heterocycles. The number of rotatable bonds is 6. The summed E-state index contributed by atoms with van der Waals surface area (Å²) in [5.74, 6) is -2.23. The first-order valence-corrected chi connectivity index (χ1v) is 12.1.